The normalized spacial score (nSPS) is 19.3. The lowest BCUT2D eigenvalue weighted by Crippen LogP contribution is -2.46. The van der Waals surface area contributed by atoms with Crippen molar-refractivity contribution in [3.8, 4) is 0 Å². The van der Waals surface area contributed by atoms with E-state index < -0.39 is 0 Å². The van der Waals surface area contributed by atoms with E-state index in [2.05, 4.69) is 17.7 Å². The number of hydrogen-bond acceptors (Lipinski definition) is 2. The third-order valence-electron chi connectivity index (χ3n) is 3.55. The van der Waals surface area contributed by atoms with Gasteiger partial charge in [0, 0.05) is 12.4 Å². The number of nitrogens with zero attached hydrogens (tertiary/aromatic N) is 1. The second kappa shape index (κ2) is 4.70. The van der Waals surface area contributed by atoms with Crippen LogP contribution in [-0.4, -0.2) is 23.7 Å². The van der Waals surface area contributed by atoms with E-state index in [1.807, 2.05) is 24.5 Å². The predicted octanol–water partition coefficient (Wildman–Crippen LogP) is 1.34. The first-order valence-corrected chi connectivity index (χ1v) is 5.92. The monoisotopic (exact) mass is 221 g/mol. The standard InChI is InChI=1S/C12H19N3O/c1-2-12(5-7-13-8-6-12)11(16)14-15-9-3-4-10-15/h3-4,9-10,13H,2,5-8H2,1H3,(H,14,16). The second-order valence-corrected chi connectivity index (χ2v) is 4.42. The van der Waals surface area contributed by atoms with E-state index in [4.69, 9.17) is 0 Å². The zero-order chi connectivity index (χ0) is 11.4. The molecule has 1 fully saturated rings. The molecular weight excluding hydrogens is 202 g/mol. The van der Waals surface area contributed by atoms with E-state index in [1.54, 1.807) is 4.68 Å². The van der Waals surface area contributed by atoms with Gasteiger partial charge in [-0.3, -0.25) is 14.9 Å². The molecule has 16 heavy (non-hydrogen) atoms. The van der Waals surface area contributed by atoms with E-state index in [1.165, 1.54) is 0 Å². The molecular formula is C12H19N3O. The Kier molecular flexibility index (Phi) is 3.29. The fourth-order valence-corrected chi connectivity index (χ4v) is 2.29. The van der Waals surface area contributed by atoms with Crippen LogP contribution in [0.3, 0.4) is 0 Å². The topological polar surface area (TPSA) is 46.1 Å². The number of aromatic nitrogens is 1. The molecule has 0 saturated carbocycles. The Hall–Kier alpha value is -1.29. The lowest BCUT2D eigenvalue weighted by Gasteiger charge is -2.35. The molecule has 4 nitrogen and oxygen atoms in total. The first-order chi connectivity index (χ1) is 7.77. The van der Waals surface area contributed by atoms with Crippen molar-refractivity contribution in [1.82, 2.24) is 9.99 Å². The molecule has 0 aliphatic carbocycles. The molecule has 1 aromatic rings. The van der Waals surface area contributed by atoms with Crippen LogP contribution >= 0.6 is 0 Å². The highest BCUT2D eigenvalue weighted by Gasteiger charge is 2.37. The summed E-state index contributed by atoms with van der Waals surface area (Å²) in [6, 6.07) is 3.81. The van der Waals surface area contributed by atoms with Gasteiger partial charge in [0.15, 0.2) is 0 Å². The number of carbonyl (C=O) groups excluding carboxylic acids is 1. The zero-order valence-electron chi connectivity index (χ0n) is 9.70. The van der Waals surface area contributed by atoms with Gasteiger partial charge in [0.25, 0.3) is 0 Å². The molecule has 1 amide bonds. The minimum absolute atomic E-state index is 0.146. The molecule has 2 heterocycles. The first kappa shape index (κ1) is 11.2. The van der Waals surface area contributed by atoms with Crippen molar-refractivity contribution in [3.63, 3.8) is 0 Å². The molecule has 1 saturated heterocycles. The lowest BCUT2D eigenvalue weighted by molar-refractivity contribution is -0.128. The van der Waals surface area contributed by atoms with Crippen LogP contribution in [0.5, 0.6) is 0 Å². The first-order valence-electron chi connectivity index (χ1n) is 5.92. The SMILES string of the molecule is CCC1(C(=O)Nn2cccc2)CCNCC1. The maximum atomic E-state index is 12.3. The number of nitrogens with one attached hydrogen (secondary N) is 2. The molecule has 0 radical (unpaired) electrons. The summed E-state index contributed by atoms with van der Waals surface area (Å²) in [7, 11) is 0. The molecule has 0 aromatic carbocycles. The van der Waals surface area contributed by atoms with Crippen LogP contribution in [0.25, 0.3) is 0 Å². The van der Waals surface area contributed by atoms with E-state index in [-0.39, 0.29) is 11.3 Å². The Morgan fingerprint density at radius 2 is 2.00 bits per heavy atom. The van der Waals surface area contributed by atoms with Gasteiger partial charge in [-0.2, -0.15) is 0 Å². The van der Waals surface area contributed by atoms with E-state index in [0.717, 1.165) is 32.4 Å². The van der Waals surface area contributed by atoms with Crippen molar-refractivity contribution in [1.29, 1.82) is 0 Å². The average molecular weight is 221 g/mol. The van der Waals surface area contributed by atoms with Crippen LogP contribution in [0.1, 0.15) is 26.2 Å². The van der Waals surface area contributed by atoms with Crippen LogP contribution in [0.2, 0.25) is 0 Å². The molecule has 1 aliphatic heterocycles. The van der Waals surface area contributed by atoms with Gasteiger partial charge in [-0.15, -0.1) is 0 Å². The summed E-state index contributed by atoms with van der Waals surface area (Å²) in [4.78, 5) is 12.3. The Bertz CT molecular complexity index is 339. The Morgan fingerprint density at radius 1 is 1.38 bits per heavy atom. The molecule has 4 heteroatoms. The van der Waals surface area contributed by atoms with Gasteiger partial charge in [-0.05, 0) is 44.5 Å². The Labute approximate surface area is 96.0 Å². The number of rotatable bonds is 3. The highest BCUT2D eigenvalue weighted by molar-refractivity contribution is 5.89. The second-order valence-electron chi connectivity index (χ2n) is 4.42. The quantitative estimate of drug-likeness (QED) is 0.809. The molecule has 0 bridgehead atoms. The zero-order valence-corrected chi connectivity index (χ0v) is 9.70. The molecule has 88 valence electrons. The lowest BCUT2D eigenvalue weighted by atomic mass is 9.76. The van der Waals surface area contributed by atoms with E-state index in [9.17, 15) is 4.79 Å². The van der Waals surface area contributed by atoms with Gasteiger partial charge in [-0.25, -0.2) is 0 Å². The molecule has 0 spiro atoms. The van der Waals surface area contributed by atoms with Crippen molar-refractivity contribution in [2.75, 3.05) is 18.5 Å². The van der Waals surface area contributed by atoms with Crippen LogP contribution < -0.4 is 10.7 Å². The number of hydrogen-bond donors (Lipinski definition) is 2. The van der Waals surface area contributed by atoms with Gasteiger partial charge in [0.05, 0.1) is 5.41 Å². The van der Waals surface area contributed by atoms with Crippen molar-refractivity contribution in [2.24, 2.45) is 5.41 Å². The summed E-state index contributed by atoms with van der Waals surface area (Å²) in [5, 5.41) is 3.30. The highest BCUT2D eigenvalue weighted by Crippen LogP contribution is 2.32. The molecule has 1 aromatic heterocycles. The van der Waals surface area contributed by atoms with E-state index >= 15 is 0 Å². The van der Waals surface area contributed by atoms with Gasteiger partial charge in [-0.1, -0.05) is 6.92 Å². The Morgan fingerprint density at radius 3 is 2.56 bits per heavy atom. The molecule has 0 unspecified atom stereocenters. The summed E-state index contributed by atoms with van der Waals surface area (Å²) in [6.45, 7) is 3.97. The minimum atomic E-state index is -0.185. The molecule has 2 N–H and O–H groups in total. The van der Waals surface area contributed by atoms with Gasteiger partial charge in [0.1, 0.15) is 0 Å². The molecule has 0 atom stereocenters. The van der Waals surface area contributed by atoms with Crippen LogP contribution in [0, 0.1) is 5.41 Å². The number of amides is 1. The largest absolute Gasteiger partial charge is 0.317 e. The maximum absolute atomic E-state index is 12.3. The molecule has 2 rings (SSSR count). The third kappa shape index (κ3) is 2.11. The van der Waals surface area contributed by atoms with Gasteiger partial charge < -0.3 is 5.32 Å². The summed E-state index contributed by atoms with van der Waals surface area (Å²) in [5.74, 6) is 0.146. The van der Waals surface area contributed by atoms with Crippen LogP contribution in [-0.2, 0) is 4.79 Å². The third-order valence-corrected chi connectivity index (χ3v) is 3.55. The summed E-state index contributed by atoms with van der Waals surface area (Å²) in [6.07, 6.45) is 6.46. The summed E-state index contributed by atoms with van der Waals surface area (Å²) in [5.41, 5.74) is 2.75. The van der Waals surface area contributed by atoms with Crippen molar-refractivity contribution in [3.05, 3.63) is 24.5 Å². The fourth-order valence-electron chi connectivity index (χ4n) is 2.29. The van der Waals surface area contributed by atoms with Gasteiger partial charge >= 0.3 is 0 Å². The average Bonchev–Trinajstić information content (AvgIpc) is 2.82. The van der Waals surface area contributed by atoms with Crippen molar-refractivity contribution < 1.29 is 4.79 Å². The molecule has 1 aliphatic rings. The highest BCUT2D eigenvalue weighted by atomic mass is 16.2. The smallest absolute Gasteiger partial charge is 0.245 e. The summed E-state index contributed by atoms with van der Waals surface area (Å²) < 4.78 is 1.72. The number of piperidine rings is 1. The fraction of sp³-hybridized carbons (Fsp3) is 0.583. The van der Waals surface area contributed by atoms with Crippen molar-refractivity contribution >= 4 is 5.91 Å². The predicted molar refractivity (Wildman–Crippen MR) is 63.6 cm³/mol. The number of carbonyl (C=O) groups is 1. The Balaban J connectivity index is 2.06. The van der Waals surface area contributed by atoms with Gasteiger partial charge in [0.2, 0.25) is 5.91 Å². The van der Waals surface area contributed by atoms with Crippen LogP contribution in [0.15, 0.2) is 24.5 Å². The van der Waals surface area contributed by atoms with E-state index in [0.29, 0.717) is 0 Å². The van der Waals surface area contributed by atoms with Crippen molar-refractivity contribution in [2.45, 2.75) is 26.2 Å². The summed E-state index contributed by atoms with van der Waals surface area (Å²) >= 11 is 0. The minimum Gasteiger partial charge on any atom is -0.317 e. The van der Waals surface area contributed by atoms with Crippen LogP contribution in [0.4, 0.5) is 0 Å². The maximum Gasteiger partial charge on any atom is 0.245 e.